The summed E-state index contributed by atoms with van der Waals surface area (Å²) in [6.45, 7) is 0.828. The van der Waals surface area contributed by atoms with E-state index >= 15 is 0 Å². The molecule has 1 aliphatic heterocycles. The first-order valence-electron chi connectivity index (χ1n) is 10.3. The van der Waals surface area contributed by atoms with Crippen molar-refractivity contribution < 1.29 is 18.9 Å². The minimum atomic E-state index is -0.708. The van der Waals surface area contributed by atoms with Crippen molar-refractivity contribution in [2.45, 2.75) is 62.7 Å². The summed E-state index contributed by atoms with van der Waals surface area (Å²) in [5.74, 6) is -1.42. The van der Waals surface area contributed by atoms with Crippen LogP contribution in [0.3, 0.4) is 0 Å². The molecule has 0 N–H and O–H groups in total. The minimum Gasteiger partial charge on any atom is -0.343 e. The van der Waals surface area contributed by atoms with Crippen LogP contribution >= 0.6 is 0 Å². The first-order chi connectivity index (χ1) is 14.6. The van der Waals surface area contributed by atoms with Crippen molar-refractivity contribution in [3.8, 4) is 12.1 Å². The van der Waals surface area contributed by atoms with Crippen LogP contribution in [0, 0.1) is 22.7 Å². The van der Waals surface area contributed by atoms with Gasteiger partial charge < -0.3 is 18.9 Å². The van der Waals surface area contributed by atoms with Crippen molar-refractivity contribution in [1.82, 2.24) is 0 Å². The van der Waals surface area contributed by atoms with Crippen LogP contribution in [0.25, 0.3) is 0 Å². The number of hydrogen-bond donors (Lipinski definition) is 0. The smallest absolute Gasteiger partial charge is 0.195 e. The van der Waals surface area contributed by atoms with Crippen molar-refractivity contribution in [1.29, 1.82) is 10.5 Å². The van der Waals surface area contributed by atoms with E-state index in [9.17, 15) is 0 Å². The van der Waals surface area contributed by atoms with Crippen LogP contribution in [-0.2, 0) is 32.2 Å². The molecule has 1 saturated heterocycles. The second-order valence-corrected chi connectivity index (χ2v) is 8.11. The molecule has 5 rings (SSSR count). The van der Waals surface area contributed by atoms with E-state index in [0.717, 1.165) is 36.8 Å². The molecule has 3 aliphatic rings. The Morgan fingerprint density at radius 1 is 0.733 bits per heavy atom. The van der Waals surface area contributed by atoms with Gasteiger partial charge in [-0.25, -0.2) is 0 Å². The number of hydrogen-bond acceptors (Lipinski definition) is 6. The predicted molar refractivity (Wildman–Crippen MR) is 106 cm³/mol. The Labute approximate surface area is 175 Å². The molecular formula is C24H22N2O4. The number of nitriles is 2. The largest absolute Gasteiger partial charge is 0.343 e. The van der Waals surface area contributed by atoms with Gasteiger partial charge in [0.05, 0.1) is 36.5 Å². The van der Waals surface area contributed by atoms with Crippen molar-refractivity contribution in [3.05, 3.63) is 70.8 Å². The van der Waals surface area contributed by atoms with Crippen LogP contribution in [0.1, 0.15) is 47.9 Å². The van der Waals surface area contributed by atoms with Crippen LogP contribution in [0.5, 0.6) is 0 Å². The highest BCUT2D eigenvalue weighted by Gasteiger charge is 2.66. The van der Waals surface area contributed by atoms with E-state index in [2.05, 4.69) is 12.1 Å². The van der Waals surface area contributed by atoms with Gasteiger partial charge in [-0.05, 0) is 48.2 Å². The zero-order valence-electron chi connectivity index (χ0n) is 16.5. The molecule has 0 unspecified atom stereocenters. The summed E-state index contributed by atoms with van der Waals surface area (Å²) in [5, 5.41) is 17.9. The quantitative estimate of drug-likeness (QED) is 0.728. The van der Waals surface area contributed by atoms with E-state index in [1.807, 2.05) is 24.3 Å². The molecule has 3 fully saturated rings. The van der Waals surface area contributed by atoms with Gasteiger partial charge in [0, 0.05) is 12.8 Å². The van der Waals surface area contributed by atoms with E-state index in [-0.39, 0.29) is 12.2 Å². The summed E-state index contributed by atoms with van der Waals surface area (Å²) < 4.78 is 25.2. The predicted octanol–water partition coefficient (Wildman–Crippen LogP) is 3.93. The standard InChI is InChI=1S/C24H22N2O4/c25-13-17-1-5-19(6-2-17)15-27-23-11-9-21(23)30-24(12-10-22(24)29-23)28-16-20-7-3-18(14-26)4-8-20/h1-8,21-22H,9-12,15-16H2/t21-,22-,23+,24+/m1/s1. The summed E-state index contributed by atoms with van der Waals surface area (Å²) in [6.07, 6.45) is 3.07. The van der Waals surface area contributed by atoms with E-state index in [1.165, 1.54) is 0 Å². The SMILES string of the molecule is N#Cc1ccc(CO[C@]23CC[C@H]2O[C@@]2(OCc4ccc(C#N)cc4)CC[C@H]2O3)cc1. The maximum absolute atomic E-state index is 8.93. The summed E-state index contributed by atoms with van der Waals surface area (Å²) in [7, 11) is 0. The zero-order chi connectivity index (χ0) is 20.6. The monoisotopic (exact) mass is 402 g/mol. The summed E-state index contributed by atoms with van der Waals surface area (Å²) in [6, 6.07) is 19.0. The Kier molecular flexibility index (Phi) is 4.81. The second kappa shape index (κ2) is 7.50. The first kappa shape index (κ1) is 19.2. The number of rotatable bonds is 6. The maximum atomic E-state index is 8.93. The van der Waals surface area contributed by atoms with Gasteiger partial charge in [0.15, 0.2) is 11.6 Å². The Bertz CT molecular complexity index is 924. The highest BCUT2D eigenvalue weighted by Crippen LogP contribution is 2.55. The Morgan fingerprint density at radius 3 is 1.43 bits per heavy atom. The summed E-state index contributed by atoms with van der Waals surface area (Å²) in [4.78, 5) is 0. The van der Waals surface area contributed by atoms with E-state index in [1.54, 1.807) is 24.3 Å². The zero-order valence-corrected chi connectivity index (χ0v) is 16.5. The minimum absolute atomic E-state index is 0.145. The molecule has 0 spiro atoms. The van der Waals surface area contributed by atoms with Gasteiger partial charge in [-0.15, -0.1) is 0 Å². The molecule has 4 atom stereocenters. The molecule has 0 aromatic heterocycles. The van der Waals surface area contributed by atoms with Crippen molar-refractivity contribution in [2.75, 3.05) is 0 Å². The second-order valence-electron chi connectivity index (χ2n) is 8.11. The van der Waals surface area contributed by atoms with Crippen LogP contribution in [0.4, 0.5) is 0 Å². The fraction of sp³-hybridized carbons (Fsp3) is 0.417. The summed E-state index contributed by atoms with van der Waals surface area (Å²) in [5.41, 5.74) is 3.27. The molecule has 1 heterocycles. The van der Waals surface area contributed by atoms with Gasteiger partial charge in [-0.2, -0.15) is 10.5 Å². The number of benzene rings is 2. The number of nitrogens with zero attached hydrogens (tertiary/aromatic N) is 2. The average molecular weight is 402 g/mol. The van der Waals surface area contributed by atoms with E-state index in [0.29, 0.717) is 24.3 Å². The molecule has 0 bridgehead atoms. The molecule has 6 nitrogen and oxygen atoms in total. The fourth-order valence-electron chi connectivity index (χ4n) is 4.20. The lowest BCUT2D eigenvalue weighted by atomic mass is 9.78. The molecule has 6 heteroatoms. The number of ether oxygens (including phenoxy) is 4. The summed E-state index contributed by atoms with van der Waals surface area (Å²) >= 11 is 0. The van der Waals surface area contributed by atoms with Gasteiger partial charge in [-0.1, -0.05) is 24.3 Å². The lowest BCUT2D eigenvalue weighted by molar-refractivity contribution is -0.494. The molecule has 2 saturated carbocycles. The highest BCUT2D eigenvalue weighted by molar-refractivity contribution is 5.32. The Hall–Kier alpha value is -2.74. The van der Waals surface area contributed by atoms with Crippen LogP contribution in [-0.4, -0.2) is 23.8 Å². The van der Waals surface area contributed by atoms with Crippen LogP contribution in [0.2, 0.25) is 0 Å². The third kappa shape index (κ3) is 3.29. The van der Waals surface area contributed by atoms with Crippen LogP contribution < -0.4 is 0 Å². The van der Waals surface area contributed by atoms with Gasteiger partial charge in [0.25, 0.3) is 0 Å². The van der Waals surface area contributed by atoms with Crippen molar-refractivity contribution in [3.63, 3.8) is 0 Å². The third-order valence-electron chi connectivity index (χ3n) is 6.31. The molecule has 0 radical (unpaired) electrons. The van der Waals surface area contributed by atoms with Crippen LogP contribution in [0.15, 0.2) is 48.5 Å². The van der Waals surface area contributed by atoms with Gasteiger partial charge >= 0.3 is 0 Å². The molecule has 2 aliphatic carbocycles. The van der Waals surface area contributed by atoms with Gasteiger partial charge in [0.1, 0.15) is 12.2 Å². The Morgan fingerprint density at radius 2 is 1.13 bits per heavy atom. The first-order valence-corrected chi connectivity index (χ1v) is 10.3. The normalized spacial score (nSPS) is 31.3. The van der Waals surface area contributed by atoms with Crippen molar-refractivity contribution >= 4 is 0 Å². The topological polar surface area (TPSA) is 84.5 Å². The van der Waals surface area contributed by atoms with E-state index in [4.69, 9.17) is 29.5 Å². The lowest BCUT2D eigenvalue weighted by Gasteiger charge is -2.62. The fourth-order valence-corrected chi connectivity index (χ4v) is 4.20. The molecule has 30 heavy (non-hydrogen) atoms. The van der Waals surface area contributed by atoms with Gasteiger partial charge in [0.2, 0.25) is 0 Å². The van der Waals surface area contributed by atoms with Gasteiger partial charge in [-0.3, -0.25) is 0 Å². The molecular weight excluding hydrogens is 380 g/mol. The lowest BCUT2D eigenvalue weighted by Crippen LogP contribution is -2.73. The average Bonchev–Trinajstić information content (AvgIpc) is 2.77. The molecule has 2 aromatic rings. The number of fused-ring (bicyclic) bond motifs is 2. The Balaban J connectivity index is 1.21. The third-order valence-corrected chi connectivity index (χ3v) is 6.31. The molecule has 152 valence electrons. The van der Waals surface area contributed by atoms with E-state index < -0.39 is 11.6 Å². The molecule has 2 aromatic carbocycles. The van der Waals surface area contributed by atoms with Crippen molar-refractivity contribution in [2.24, 2.45) is 0 Å². The molecule has 0 amide bonds. The highest BCUT2D eigenvalue weighted by atomic mass is 16.8. The maximum Gasteiger partial charge on any atom is 0.195 e.